The molecule has 3 N–H and O–H groups in total. The SMILES string of the molecule is CCNC(=NCc1cccs1)NCC(C)(O)c1ccsc1.I. The summed E-state index contributed by atoms with van der Waals surface area (Å²) in [6.45, 7) is 5.69. The number of nitrogens with zero attached hydrogens (tertiary/aromatic N) is 1. The lowest BCUT2D eigenvalue weighted by molar-refractivity contribution is 0.0621. The zero-order valence-electron chi connectivity index (χ0n) is 12.7. The lowest BCUT2D eigenvalue weighted by atomic mass is 9.99. The maximum absolute atomic E-state index is 10.5. The van der Waals surface area contributed by atoms with E-state index in [1.807, 2.05) is 42.1 Å². The molecule has 0 bridgehead atoms. The van der Waals surface area contributed by atoms with Crippen LogP contribution >= 0.6 is 46.7 Å². The molecule has 22 heavy (non-hydrogen) atoms. The molecule has 1 atom stereocenters. The molecule has 0 saturated heterocycles. The summed E-state index contributed by atoms with van der Waals surface area (Å²) in [6, 6.07) is 6.04. The predicted octanol–water partition coefficient (Wildman–Crippen LogP) is 3.39. The van der Waals surface area contributed by atoms with Gasteiger partial charge in [0.15, 0.2) is 5.96 Å². The van der Waals surface area contributed by atoms with Gasteiger partial charge in [-0.15, -0.1) is 35.3 Å². The molecule has 122 valence electrons. The van der Waals surface area contributed by atoms with Crippen molar-refractivity contribution in [3.63, 3.8) is 0 Å². The second kappa shape index (κ2) is 9.49. The summed E-state index contributed by atoms with van der Waals surface area (Å²) in [4.78, 5) is 5.76. The Kier molecular flexibility index (Phi) is 8.37. The Morgan fingerprint density at radius 1 is 1.32 bits per heavy atom. The maximum atomic E-state index is 10.5. The van der Waals surface area contributed by atoms with Gasteiger partial charge in [0.25, 0.3) is 0 Å². The zero-order valence-corrected chi connectivity index (χ0v) is 16.7. The van der Waals surface area contributed by atoms with Gasteiger partial charge in [0.05, 0.1) is 13.1 Å². The van der Waals surface area contributed by atoms with Crippen LogP contribution in [-0.2, 0) is 12.1 Å². The van der Waals surface area contributed by atoms with E-state index in [1.165, 1.54) is 4.88 Å². The molecular weight excluding hydrogens is 429 g/mol. The lowest BCUT2D eigenvalue weighted by Crippen LogP contribution is -2.44. The van der Waals surface area contributed by atoms with Gasteiger partial charge in [0.2, 0.25) is 0 Å². The van der Waals surface area contributed by atoms with Crippen molar-refractivity contribution in [2.45, 2.75) is 26.0 Å². The van der Waals surface area contributed by atoms with Gasteiger partial charge in [-0.05, 0) is 47.7 Å². The first kappa shape index (κ1) is 19.4. The summed E-state index contributed by atoms with van der Waals surface area (Å²) in [5, 5.41) is 22.9. The first-order valence-corrected chi connectivity index (χ1v) is 8.73. The van der Waals surface area contributed by atoms with E-state index >= 15 is 0 Å². The van der Waals surface area contributed by atoms with Crippen LogP contribution in [0.4, 0.5) is 0 Å². The number of aliphatic imine (C=N–C) groups is 1. The molecule has 0 aliphatic rings. The molecule has 1 unspecified atom stereocenters. The first-order valence-electron chi connectivity index (χ1n) is 6.91. The molecule has 2 rings (SSSR count). The Balaban J connectivity index is 0.00000242. The van der Waals surface area contributed by atoms with Crippen LogP contribution in [0.2, 0.25) is 0 Å². The fourth-order valence-corrected chi connectivity index (χ4v) is 3.24. The Hall–Kier alpha value is -0.640. The van der Waals surface area contributed by atoms with E-state index in [0.29, 0.717) is 13.1 Å². The number of aliphatic hydroxyl groups is 1. The number of thiophene rings is 2. The number of nitrogens with one attached hydrogen (secondary N) is 2. The van der Waals surface area contributed by atoms with Gasteiger partial charge in [-0.2, -0.15) is 11.3 Å². The van der Waals surface area contributed by atoms with E-state index in [4.69, 9.17) is 0 Å². The fourth-order valence-electron chi connectivity index (χ4n) is 1.83. The minimum atomic E-state index is -0.904. The third-order valence-corrected chi connectivity index (χ3v) is 4.60. The molecule has 0 amide bonds. The minimum Gasteiger partial charge on any atom is -0.384 e. The van der Waals surface area contributed by atoms with Crippen LogP contribution in [0.5, 0.6) is 0 Å². The van der Waals surface area contributed by atoms with Gasteiger partial charge >= 0.3 is 0 Å². The number of rotatable bonds is 6. The van der Waals surface area contributed by atoms with Crippen molar-refractivity contribution in [2.75, 3.05) is 13.1 Å². The number of hydrogen-bond acceptors (Lipinski definition) is 4. The van der Waals surface area contributed by atoms with Gasteiger partial charge < -0.3 is 15.7 Å². The third-order valence-electron chi connectivity index (χ3n) is 3.06. The van der Waals surface area contributed by atoms with E-state index in [9.17, 15) is 5.11 Å². The van der Waals surface area contributed by atoms with E-state index < -0.39 is 5.60 Å². The number of halogens is 1. The highest BCUT2D eigenvalue weighted by Crippen LogP contribution is 2.21. The van der Waals surface area contributed by atoms with Crippen LogP contribution < -0.4 is 10.6 Å². The Labute approximate surface area is 156 Å². The van der Waals surface area contributed by atoms with Crippen LogP contribution in [0.25, 0.3) is 0 Å². The minimum absolute atomic E-state index is 0. The smallest absolute Gasteiger partial charge is 0.191 e. The maximum Gasteiger partial charge on any atom is 0.191 e. The Morgan fingerprint density at radius 2 is 2.14 bits per heavy atom. The van der Waals surface area contributed by atoms with Crippen molar-refractivity contribution >= 4 is 52.6 Å². The largest absolute Gasteiger partial charge is 0.384 e. The van der Waals surface area contributed by atoms with Crippen LogP contribution in [0.3, 0.4) is 0 Å². The van der Waals surface area contributed by atoms with Gasteiger partial charge in [-0.3, -0.25) is 0 Å². The van der Waals surface area contributed by atoms with Crippen LogP contribution in [-0.4, -0.2) is 24.2 Å². The monoisotopic (exact) mass is 451 g/mol. The molecular formula is C15H22IN3OS2. The van der Waals surface area contributed by atoms with Crippen LogP contribution in [0, 0.1) is 0 Å². The van der Waals surface area contributed by atoms with Gasteiger partial charge in [-0.25, -0.2) is 4.99 Å². The summed E-state index contributed by atoms with van der Waals surface area (Å²) in [5.41, 5.74) is 0.0214. The first-order chi connectivity index (χ1) is 10.1. The second-order valence-corrected chi connectivity index (χ2v) is 6.73. The highest BCUT2D eigenvalue weighted by Gasteiger charge is 2.23. The Bertz CT molecular complexity index is 553. The highest BCUT2D eigenvalue weighted by molar-refractivity contribution is 14.0. The van der Waals surface area contributed by atoms with E-state index in [-0.39, 0.29) is 24.0 Å². The van der Waals surface area contributed by atoms with Gasteiger partial charge in [0.1, 0.15) is 5.60 Å². The molecule has 0 fully saturated rings. The quantitative estimate of drug-likeness (QED) is 0.359. The van der Waals surface area contributed by atoms with Crippen molar-refractivity contribution in [1.29, 1.82) is 0 Å². The van der Waals surface area contributed by atoms with E-state index in [1.54, 1.807) is 22.7 Å². The average Bonchev–Trinajstić information content (AvgIpc) is 3.14. The van der Waals surface area contributed by atoms with Gasteiger partial charge in [-0.1, -0.05) is 6.07 Å². The predicted molar refractivity (Wildman–Crippen MR) is 106 cm³/mol. The Morgan fingerprint density at radius 3 is 2.73 bits per heavy atom. The second-order valence-electron chi connectivity index (χ2n) is 4.91. The standard InChI is InChI=1S/C15H21N3OS2.HI/c1-3-16-14(17-9-13-5-4-7-21-13)18-11-15(2,19)12-6-8-20-10-12;/h4-8,10,19H,3,9,11H2,1-2H3,(H2,16,17,18);1H. The molecule has 0 spiro atoms. The van der Waals surface area contributed by atoms with Gasteiger partial charge in [0, 0.05) is 11.4 Å². The average molecular weight is 451 g/mol. The topological polar surface area (TPSA) is 56.7 Å². The summed E-state index contributed by atoms with van der Waals surface area (Å²) in [6.07, 6.45) is 0. The molecule has 0 radical (unpaired) electrons. The highest BCUT2D eigenvalue weighted by atomic mass is 127. The van der Waals surface area contributed by atoms with Crippen molar-refractivity contribution < 1.29 is 5.11 Å². The molecule has 0 aromatic carbocycles. The summed E-state index contributed by atoms with van der Waals surface area (Å²) < 4.78 is 0. The molecule has 2 heterocycles. The molecule has 0 aliphatic heterocycles. The third kappa shape index (κ3) is 5.86. The van der Waals surface area contributed by atoms with E-state index in [2.05, 4.69) is 21.7 Å². The van der Waals surface area contributed by atoms with Crippen molar-refractivity contribution in [3.8, 4) is 0 Å². The van der Waals surface area contributed by atoms with Crippen LogP contribution in [0.15, 0.2) is 39.3 Å². The molecule has 7 heteroatoms. The summed E-state index contributed by atoms with van der Waals surface area (Å²) in [7, 11) is 0. The van der Waals surface area contributed by atoms with E-state index in [0.717, 1.165) is 18.1 Å². The zero-order chi connectivity index (χ0) is 15.1. The van der Waals surface area contributed by atoms with Crippen LogP contribution in [0.1, 0.15) is 24.3 Å². The molecule has 4 nitrogen and oxygen atoms in total. The normalized spacial score (nSPS) is 14.0. The molecule has 0 aliphatic carbocycles. The number of hydrogen-bond donors (Lipinski definition) is 3. The van der Waals surface area contributed by atoms with Crippen molar-refractivity contribution in [2.24, 2.45) is 4.99 Å². The lowest BCUT2D eigenvalue weighted by Gasteiger charge is -2.24. The summed E-state index contributed by atoms with van der Waals surface area (Å²) in [5.74, 6) is 0.724. The molecule has 2 aromatic rings. The summed E-state index contributed by atoms with van der Waals surface area (Å²) >= 11 is 3.28. The number of guanidine groups is 1. The van der Waals surface area contributed by atoms with Crippen molar-refractivity contribution in [1.82, 2.24) is 10.6 Å². The molecule has 0 saturated carbocycles. The molecule has 2 aromatic heterocycles. The van der Waals surface area contributed by atoms with Crippen molar-refractivity contribution in [3.05, 3.63) is 44.8 Å². The fraction of sp³-hybridized carbons (Fsp3) is 0.400.